The molecular formula is C38H60N4O6S2. The van der Waals surface area contributed by atoms with Crippen LogP contribution in [0.4, 0.5) is 0 Å². The van der Waals surface area contributed by atoms with Gasteiger partial charge in [0.05, 0.1) is 22.0 Å². The molecule has 0 bridgehead atoms. The van der Waals surface area contributed by atoms with Crippen LogP contribution in [0.1, 0.15) is 102 Å². The highest BCUT2D eigenvalue weighted by molar-refractivity contribution is 7.82. The topological polar surface area (TPSA) is 128 Å². The van der Waals surface area contributed by atoms with Crippen molar-refractivity contribution >= 4 is 22.0 Å². The third-order valence-electron chi connectivity index (χ3n) is 10.8. The van der Waals surface area contributed by atoms with Crippen LogP contribution in [0.15, 0.2) is 12.1 Å². The lowest BCUT2D eigenvalue weighted by Gasteiger charge is -2.37. The molecule has 6 rings (SSSR count). The normalized spacial score (nSPS) is 25.2. The van der Waals surface area contributed by atoms with Gasteiger partial charge in [-0.25, -0.2) is 17.0 Å². The monoisotopic (exact) mass is 732 g/mol. The first-order valence-corrected chi connectivity index (χ1v) is 20.9. The van der Waals surface area contributed by atoms with E-state index in [-0.39, 0.29) is 33.8 Å². The van der Waals surface area contributed by atoms with Gasteiger partial charge in [0.15, 0.2) is 23.0 Å². The molecule has 1 spiro atoms. The predicted molar refractivity (Wildman–Crippen MR) is 203 cm³/mol. The van der Waals surface area contributed by atoms with Crippen LogP contribution < -0.4 is 0 Å². The highest BCUT2D eigenvalue weighted by Gasteiger charge is 2.59. The first-order valence-electron chi connectivity index (χ1n) is 17.8. The summed E-state index contributed by atoms with van der Waals surface area (Å²) in [5.41, 5.74) is 4.72. The Bertz CT molecular complexity index is 1530. The van der Waals surface area contributed by atoms with Gasteiger partial charge in [-0.05, 0) is 63.5 Å². The average Bonchev–Trinajstić information content (AvgIpc) is 3.35. The van der Waals surface area contributed by atoms with Crippen LogP contribution in [-0.2, 0) is 51.3 Å². The van der Waals surface area contributed by atoms with E-state index in [0.29, 0.717) is 82.0 Å². The summed E-state index contributed by atoms with van der Waals surface area (Å²) in [6.45, 7) is 23.8. The van der Waals surface area contributed by atoms with Crippen molar-refractivity contribution in [2.75, 3.05) is 64.9 Å². The molecule has 12 heteroatoms. The number of piperazine rings is 2. The van der Waals surface area contributed by atoms with E-state index < -0.39 is 27.4 Å². The molecule has 280 valence electrons. The summed E-state index contributed by atoms with van der Waals surface area (Å²) in [7, 11) is -2.07. The molecule has 2 saturated heterocycles. The Labute approximate surface area is 304 Å². The lowest BCUT2D eigenvalue weighted by molar-refractivity contribution is 0.182. The van der Waals surface area contributed by atoms with Crippen molar-refractivity contribution in [2.45, 2.75) is 97.6 Å². The largest absolute Gasteiger partial charge is 0.504 e. The molecular weight excluding hydrogens is 673 g/mol. The van der Waals surface area contributed by atoms with Crippen molar-refractivity contribution in [3.8, 4) is 23.0 Å². The summed E-state index contributed by atoms with van der Waals surface area (Å²) in [5, 5.41) is 45.2. The Balaban J connectivity index is 0.000000908. The van der Waals surface area contributed by atoms with Crippen molar-refractivity contribution in [1.29, 1.82) is 0 Å². The zero-order valence-corrected chi connectivity index (χ0v) is 33.5. The van der Waals surface area contributed by atoms with Gasteiger partial charge < -0.3 is 20.4 Å². The van der Waals surface area contributed by atoms with Gasteiger partial charge in [0.25, 0.3) is 0 Å². The molecule has 2 fully saturated rings. The number of hydrogen-bond acceptors (Lipinski definition) is 8. The first kappa shape index (κ1) is 39.0. The molecule has 2 atom stereocenters. The van der Waals surface area contributed by atoms with Gasteiger partial charge in [0.2, 0.25) is 0 Å². The van der Waals surface area contributed by atoms with Gasteiger partial charge >= 0.3 is 0 Å². The number of nitrogens with zero attached hydrogens (tertiary/aromatic N) is 4. The minimum absolute atomic E-state index is 0.105. The van der Waals surface area contributed by atoms with E-state index in [1.165, 1.54) is 0 Å². The molecule has 2 unspecified atom stereocenters. The SMILES string of the molecule is CC(C)(C)C.CS(=O)N1CCN(Cc2c(O)c(O)cc3c2C2(CC3(C)C)CC(C)(C)c3cc(O)c(O)c(CN4CCN(S(C)=O)CC4)c32)CC1. The Morgan fingerprint density at radius 2 is 0.920 bits per heavy atom. The molecule has 2 heterocycles. The number of rotatable bonds is 6. The maximum Gasteiger partial charge on any atom is 0.162 e. The molecule has 2 aromatic rings. The molecule has 2 aliphatic heterocycles. The Morgan fingerprint density at radius 3 is 1.20 bits per heavy atom. The third-order valence-corrected chi connectivity index (χ3v) is 13.0. The number of hydrogen-bond donors (Lipinski definition) is 4. The zero-order valence-electron chi connectivity index (χ0n) is 31.9. The minimum atomic E-state index is -1.04. The summed E-state index contributed by atoms with van der Waals surface area (Å²) in [5.74, 6) is -0.460. The van der Waals surface area contributed by atoms with Gasteiger partial charge in [0, 0.05) is 94.5 Å². The van der Waals surface area contributed by atoms with Gasteiger partial charge in [-0.1, -0.05) is 55.4 Å². The van der Waals surface area contributed by atoms with Crippen LogP contribution in [0, 0.1) is 5.41 Å². The van der Waals surface area contributed by atoms with E-state index in [4.69, 9.17) is 0 Å². The van der Waals surface area contributed by atoms with Crippen LogP contribution in [0.3, 0.4) is 0 Å². The third kappa shape index (κ3) is 7.62. The van der Waals surface area contributed by atoms with Crippen molar-refractivity contribution in [3.63, 3.8) is 0 Å². The minimum Gasteiger partial charge on any atom is -0.504 e. The fourth-order valence-corrected chi connectivity index (χ4v) is 10.2. The molecule has 0 amide bonds. The van der Waals surface area contributed by atoms with Gasteiger partial charge in [-0.2, -0.15) is 0 Å². The van der Waals surface area contributed by atoms with Crippen LogP contribution >= 0.6 is 0 Å². The van der Waals surface area contributed by atoms with Crippen LogP contribution in [-0.4, -0.2) is 112 Å². The lowest BCUT2D eigenvalue weighted by atomic mass is 9.70. The van der Waals surface area contributed by atoms with Gasteiger partial charge in [-0.15, -0.1) is 0 Å². The smallest absolute Gasteiger partial charge is 0.162 e. The summed E-state index contributed by atoms with van der Waals surface area (Å²) >= 11 is 0. The quantitative estimate of drug-likeness (QED) is 0.305. The van der Waals surface area contributed by atoms with E-state index >= 15 is 0 Å². The Morgan fingerprint density at radius 1 is 0.620 bits per heavy atom. The molecule has 50 heavy (non-hydrogen) atoms. The standard InChI is InChI=1S/C33H48N4O6S2.C5H12/c1-31(2)19-33(27-21(29(40)25(38)15-23(27)31)17-34-7-11-36(12-8-34)44(5)42)20-32(3,4)24-16-26(39)30(41)22(28(24)33)18-35-9-13-37(14-10-35)45(6)43;1-5(2,3)4/h15-16,38-41H,7-14,17-20H2,1-6H3;1-4H3. The van der Waals surface area contributed by atoms with Crippen molar-refractivity contribution in [1.82, 2.24) is 18.4 Å². The molecule has 4 aliphatic rings. The van der Waals surface area contributed by atoms with Crippen molar-refractivity contribution < 1.29 is 28.8 Å². The molecule has 10 nitrogen and oxygen atoms in total. The maximum absolute atomic E-state index is 12.1. The average molecular weight is 733 g/mol. The second-order valence-electron chi connectivity index (χ2n) is 17.8. The zero-order chi connectivity index (χ0) is 37.1. The van der Waals surface area contributed by atoms with Gasteiger partial charge in [0.1, 0.15) is 0 Å². The molecule has 2 aromatic carbocycles. The van der Waals surface area contributed by atoms with E-state index in [2.05, 4.69) is 65.2 Å². The molecule has 0 saturated carbocycles. The van der Waals surface area contributed by atoms with E-state index in [1.807, 2.05) is 8.61 Å². The van der Waals surface area contributed by atoms with Crippen LogP contribution in [0.25, 0.3) is 0 Å². The number of benzene rings is 2. The fourth-order valence-electron chi connectivity index (χ4n) is 8.87. The number of phenolic OH excluding ortho intramolecular Hbond substituents is 4. The van der Waals surface area contributed by atoms with Crippen molar-refractivity contribution in [2.24, 2.45) is 5.41 Å². The fraction of sp³-hybridized carbons (Fsp3) is 0.684. The molecule has 0 radical (unpaired) electrons. The molecule has 0 aromatic heterocycles. The van der Waals surface area contributed by atoms with E-state index in [9.17, 15) is 28.8 Å². The number of fused-ring (bicyclic) bond motifs is 4. The Hall–Kier alpha value is -2.22. The second-order valence-corrected chi connectivity index (χ2v) is 20.5. The molecule has 2 aliphatic carbocycles. The predicted octanol–water partition coefficient (Wildman–Crippen LogP) is 5.03. The summed E-state index contributed by atoms with van der Waals surface area (Å²) in [6.07, 6.45) is 4.85. The van der Waals surface area contributed by atoms with Crippen LogP contribution in [0.5, 0.6) is 23.0 Å². The van der Waals surface area contributed by atoms with Gasteiger partial charge in [-0.3, -0.25) is 9.80 Å². The van der Waals surface area contributed by atoms with E-state index in [0.717, 1.165) is 35.1 Å². The van der Waals surface area contributed by atoms with E-state index in [1.54, 1.807) is 24.6 Å². The lowest BCUT2D eigenvalue weighted by Crippen LogP contribution is -2.46. The van der Waals surface area contributed by atoms with Crippen LogP contribution in [0.2, 0.25) is 0 Å². The molecule has 4 N–H and O–H groups in total. The first-order chi connectivity index (χ1) is 23.1. The summed E-state index contributed by atoms with van der Waals surface area (Å²) in [6, 6.07) is 3.46. The highest BCUT2D eigenvalue weighted by atomic mass is 32.2. The summed E-state index contributed by atoms with van der Waals surface area (Å²) < 4.78 is 28.1. The Kier molecular flexibility index (Phi) is 10.9. The highest BCUT2D eigenvalue weighted by Crippen LogP contribution is 2.67. The number of aromatic hydroxyl groups is 4. The summed E-state index contributed by atoms with van der Waals surface area (Å²) in [4.78, 5) is 4.51. The second kappa shape index (κ2) is 14.0. The maximum atomic E-state index is 12.1. The number of phenols is 4. The van der Waals surface area contributed by atoms with Crippen molar-refractivity contribution in [3.05, 3.63) is 45.5 Å².